The van der Waals surface area contributed by atoms with Crippen LogP contribution in [0, 0.1) is 11.6 Å². The first-order valence-corrected chi connectivity index (χ1v) is 11.6. The minimum atomic E-state index is -0.649. The van der Waals surface area contributed by atoms with Crippen LogP contribution in [0.1, 0.15) is 16.7 Å². The van der Waals surface area contributed by atoms with E-state index in [1.807, 2.05) is 10.5 Å². The second-order valence-corrected chi connectivity index (χ2v) is 8.37. The minimum absolute atomic E-state index is 0.186. The van der Waals surface area contributed by atoms with Crippen LogP contribution < -0.4 is 0 Å². The maximum atomic E-state index is 13.2. The van der Waals surface area contributed by atoms with Gasteiger partial charge in [0.2, 0.25) is 0 Å². The SMILES string of the molecule is Fc1ccc(C([SiH2]Cn2cncn2)c2ccc(F)cc2)cc1.[SiH2]=Cn1cncn1. The van der Waals surface area contributed by atoms with E-state index in [4.69, 9.17) is 0 Å². The van der Waals surface area contributed by atoms with Gasteiger partial charge < -0.3 is 0 Å². The Morgan fingerprint density at radius 1 is 0.862 bits per heavy atom. The highest BCUT2D eigenvalue weighted by Crippen LogP contribution is 2.24. The number of halogens is 2. The van der Waals surface area contributed by atoms with Crippen molar-refractivity contribution in [1.29, 1.82) is 0 Å². The van der Waals surface area contributed by atoms with Crippen molar-refractivity contribution in [3.63, 3.8) is 0 Å². The summed E-state index contributed by atoms with van der Waals surface area (Å²) in [5, 5.41) is 7.92. The first-order valence-electron chi connectivity index (χ1n) is 8.95. The Balaban J connectivity index is 0.000000290. The standard InChI is InChI=1S/C16H15F2N3Si.C3H5N3Si/c17-14-5-1-12(2-6-14)16(13-3-7-15(18)8-4-13)22-11-21-10-19-9-20-21;7-3-6-2-4-1-5-6/h1-10,16H,11,22H2;1-3H,7H2. The molecule has 0 bridgehead atoms. The number of nitrogens with zero attached hydrogens (tertiary/aromatic N) is 6. The lowest BCUT2D eigenvalue weighted by molar-refractivity contribution is 0.626. The van der Waals surface area contributed by atoms with Crippen LogP contribution in [0.25, 0.3) is 0 Å². The Bertz CT molecular complexity index is 945. The average molecular weight is 427 g/mol. The van der Waals surface area contributed by atoms with Gasteiger partial charge in [-0.3, -0.25) is 4.68 Å². The second kappa shape index (κ2) is 10.4. The molecule has 0 N–H and O–H groups in total. The van der Waals surface area contributed by atoms with Crippen LogP contribution in [0.4, 0.5) is 8.78 Å². The van der Waals surface area contributed by atoms with Gasteiger partial charge in [0.1, 0.15) is 36.9 Å². The third-order valence-electron chi connectivity index (χ3n) is 4.28. The topological polar surface area (TPSA) is 61.4 Å². The van der Waals surface area contributed by atoms with Gasteiger partial charge in [-0.05, 0) is 46.7 Å². The molecular weight excluding hydrogens is 406 g/mol. The summed E-state index contributed by atoms with van der Waals surface area (Å²) in [6.45, 7) is 0. The molecule has 0 unspecified atom stereocenters. The van der Waals surface area contributed by atoms with Crippen LogP contribution >= 0.6 is 0 Å². The summed E-state index contributed by atoms with van der Waals surface area (Å²) in [5.74, 6) is 1.35. The quantitative estimate of drug-likeness (QED) is 0.432. The van der Waals surface area contributed by atoms with Gasteiger partial charge in [0.05, 0.1) is 9.52 Å². The van der Waals surface area contributed by atoms with Crippen LogP contribution in [-0.2, 0) is 6.17 Å². The highest BCUT2D eigenvalue weighted by Gasteiger charge is 2.15. The summed E-state index contributed by atoms with van der Waals surface area (Å²) < 4.78 is 29.8. The maximum Gasteiger partial charge on any atom is 0.138 e. The van der Waals surface area contributed by atoms with E-state index in [0.29, 0.717) is 0 Å². The molecule has 2 aromatic carbocycles. The van der Waals surface area contributed by atoms with Gasteiger partial charge in [0, 0.05) is 16.0 Å². The van der Waals surface area contributed by atoms with Gasteiger partial charge in [-0.15, -0.1) is 0 Å². The molecule has 2 heterocycles. The molecule has 148 valence electrons. The maximum absolute atomic E-state index is 13.2. The van der Waals surface area contributed by atoms with Crippen LogP contribution in [-0.4, -0.2) is 54.7 Å². The fourth-order valence-corrected chi connectivity index (χ4v) is 4.99. The largest absolute Gasteiger partial charge is 0.257 e. The normalized spacial score (nSPS) is 10.9. The Labute approximate surface area is 172 Å². The fraction of sp³-hybridized carbons (Fsp3) is 0.105. The molecule has 2 aromatic heterocycles. The van der Waals surface area contributed by atoms with E-state index in [-0.39, 0.29) is 17.2 Å². The fourth-order valence-electron chi connectivity index (χ4n) is 2.84. The summed E-state index contributed by atoms with van der Waals surface area (Å²) >= 11 is 0. The van der Waals surface area contributed by atoms with Gasteiger partial charge in [0.25, 0.3) is 0 Å². The zero-order valence-corrected chi connectivity index (χ0v) is 18.5. The summed E-state index contributed by atoms with van der Waals surface area (Å²) in [6, 6.07) is 13.1. The second-order valence-electron chi connectivity index (χ2n) is 6.16. The zero-order chi connectivity index (χ0) is 20.5. The van der Waals surface area contributed by atoms with Gasteiger partial charge in [-0.2, -0.15) is 10.2 Å². The highest BCUT2D eigenvalue weighted by molar-refractivity contribution is 6.37. The van der Waals surface area contributed by atoms with Crippen molar-refractivity contribution >= 4 is 25.2 Å². The number of hydrogen-bond donors (Lipinski definition) is 0. The first-order chi connectivity index (χ1) is 14.2. The summed E-state index contributed by atoms with van der Waals surface area (Å²) in [6.07, 6.45) is 7.18. The third-order valence-corrected chi connectivity index (χ3v) is 6.89. The van der Waals surface area contributed by atoms with Crippen LogP contribution in [0.2, 0.25) is 0 Å². The average Bonchev–Trinajstić information content (AvgIpc) is 3.45. The van der Waals surface area contributed by atoms with Crippen molar-refractivity contribution in [3.05, 3.63) is 96.6 Å². The lowest BCUT2D eigenvalue weighted by Gasteiger charge is -2.17. The molecule has 4 rings (SSSR count). The third kappa shape index (κ3) is 6.19. The van der Waals surface area contributed by atoms with Crippen LogP contribution in [0.3, 0.4) is 0 Å². The Kier molecular flexibility index (Phi) is 7.42. The molecule has 0 aliphatic rings. The molecule has 10 heteroatoms. The van der Waals surface area contributed by atoms with Gasteiger partial charge >= 0.3 is 0 Å². The molecule has 6 nitrogen and oxygen atoms in total. The molecule has 0 aliphatic heterocycles. The minimum Gasteiger partial charge on any atom is -0.257 e. The molecule has 4 aromatic rings. The molecule has 0 atom stereocenters. The van der Waals surface area contributed by atoms with Crippen molar-refractivity contribution in [2.45, 2.75) is 11.7 Å². The van der Waals surface area contributed by atoms with Crippen molar-refractivity contribution in [3.8, 4) is 0 Å². The summed E-state index contributed by atoms with van der Waals surface area (Å²) in [5.41, 5.74) is 2.30. The Hall–Kier alpha value is -3.12. The van der Waals surface area contributed by atoms with E-state index in [1.165, 1.54) is 36.9 Å². The van der Waals surface area contributed by atoms with E-state index >= 15 is 0 Å². The lowest BCUT2D eigenvalue weighted by Crippen LogP contribution is -2.17. The van der Waals surface area contributed by atoms with Gasteiger partial charge in [-0.1, -0.05) is 24.3 Å². The lowest BCUT2D eigenvalue weighted by atomic mass is 10.0. The van der Waals surface area contributed by atoms with Crippen LogP contribution in [0.15, 0.2) is 73.8 Å². The van der Waals surface area contributed by atoms with E-state index in [0.717, 1.165) is 17.3 Å². The molecule has 0 fully saturated rings. The number of hydrogen-bond acceptors (Lipinski definition) is 4. The van der Waals surface area contributed by atoms with E-state index in [1.54, 1.807) is 51.5 Å². The number of benzene rings is 2. The zero-order valence-electron chi connectivity index (χ0n) is 15.6. The van der Waals surface area contributed by atoms with Gasteiger partial charge in [-0.25, -0.2) is 23.4 Å². The highest BCUT2D eigenvalue weighted by atomic mass is 28.2. The predicted molar refractivity (Wildman–Crippen MR) is 113 cm³/mol. The number of rotatable bonds is 6. The summed E-state index contributed by atoms with van der Waals surface area (Å²) in [7, 11) is 1.07. The van der Waals surface area contributed by atoms with E-state index < -0.39 is 9.52 Å². The van der Waals surface area contributed by atoms with Crippen LogP contribution in [0.5, 0.6) is 0 Å². The molecule has 0 spiro atoms. The molecular formula is C19H20F2N6Si2. The predicted octanol–water partition coefficient (Wildman–Crippen LogP) is 0.991. The Morgan fingerprint density at radius 2 is 1.41 bits per heavy atom. The van der Waals surface area contributed by atoms with Gasteiger partial charge in [0.15, 0.2) is 0 Å². The van der Waals surface area contributed by atoms with Crippen molar-refractivity contribution in [2.24, 2.45) is 0 Å². The number of aromatic nitrogens is 6. The molecule has 0 radical (unpaired) electrons. The molecule has 0 aliphatic carbocycles. The molecule has 0 saturated carbocycles. The first kappa shape index (κ1) is 20.6. The van der Waals surface area contributed by atoms with Crippen molar-refractivity contribution in [1.82, 2.24) is 29.5 Å². The monoisotopic (exact) mass is 426 g/mol. The molecule has 0 amide bonds. The summed E-state index contributed by atoms with van der Waals surface area (Å²) in [4.78, 5) is 7.66. The van der Waals surface area contributed by atoms with Crippen molar-refractivity contribution in [2.75, 3.05) is 0 Å². The van der Waals surface area contributed by atoms with E-state index in [2.05, 4.69) is 20.2 Å². The van der Waals surface area contributed by atoms with Crippen molar-refractivity contribution < 1.29 is 8.78 Å². The Morgan fingerprint density at radius 3 is 1.83 bits per heavy atom. The smallest absolute Gasteiger partial charge is 0.138 e. The van der Waals surface area contributed by atoms with E-state index in [9.17, 15) is 8.78 Å². The molecule has 29 heavy (non-hydrogen) atoms. The molecule has 0 saturated heterocycles.